The number of fused-ring (bicyclic) bond motifs is 6. The highest BCUT2D eigenvalue weighted by molar-refractivity contribution is 5.88. The highest BCUT2D eigenvalue weighted by Crippen LogP contribution is 2.67. The van der Waals surface area contributed by atoms with E-state index in [1.165, 1.54) is 22.4 Å². The summed E-state index contributed by atoms with van der Waals surface area (Å²) in [5.41, 5.74) is 4.08. The van der Waals surface area contributed by atoms with Gasteiger partial charge in [-0.3, -0.25) is 4.79 Å². The first kappa shape index (κ1) is 33.4. The van der Waals surface area contributed by atoms with E-state index in [0.29, 0.717) is 18.5 Å². The third-order valence-electron chi connectivity index (χ3n) is 12.7. The predicted molar refractivity (Wildman–Crippen MR) is 187 cm³/mol. The molecule has 2 N–H and O–H groups in total. The molecular weight excluding hydrogens is 619 g/mol. The summed E-state index contributed by atoms with van der Waals surface area (Å²) >= 11 is 0. The van der Waals surface area contributed by atoms with E-state index in [-0.39, 0.29) is 41.3 Å². The second-order valence-corrected chi connectivity index (χ2v) is 15.4. The monoisotopic (exact) mass is 666 g/mol. The molecule has 2 aromatic heterocycles. The summed E-state index contributed by atoms with van der Waals surface area (Å²) in [5, 5.41) is 37.5. The largest absolute Gasteiger partial charge is 0.393 e. The third kappa shape index (κ3) is 5.26. The van der Waals surface area contributed by atoms with E-state index in [1.54, 1.807) is 24.4 Å². The number of Topliss-reactive ketones (excluding diaryl/α,β-unsaturated/α-hetero) is 1. The highest BCUT2D eigenvalue weighted by Gasteiger charge is 2.68. The molecule has 2 heterocycles. The van der Waals surface area contributed by atoms with E-state index < -0.39 is 17.1 Å². The van der Waals surface area contributed by atoms with Crippen LogP contribution in [0.3, 0.4) is 0 Å². The minimum atomic E-state index is -1.58. The number of benzene rings is 1. The van der Waals surface area contributed by atoms with Gasteiger partial charge in [0.05, 0.1) is 29.9 Å². The molecule has 0 saturated heterocycles. The maximum atomic E-state index is 14.1. The van der Waals surface area contributed by atoms with E-state index >= 15 is 0 Å². The first-order valence-electron chi connectivity index (χ1n) is 17.4. The average Bonchev–Trinajstić information content (AvgIpc) is 3.76. The minimum absolute atomic E-state index is 0.00230. The molecule has 0 amide bonds. The normalized spacial score (nSPS) is 32.4. The molecule has 49 heavy (non-hydrogen) atoms. The highest BCUT2D eigenvalue weighted by atomic mass is 19.1. The third-order valence-corrected chi connectivity index (χ3v) is 12.7. The minimum Gasteiger partial charge on any atom is -0.393 e. The van der Waals surface area contributed by atoms with Crippen molar-refractivity contribution in [3.05, 3.63) is 95.5 Å². The van der Waals surface area contributed by atoms with Gasteiger partial charge in [-0.05, 0) is 111 Å². The fraction of sp³-hybridized carbons (Fsp3) is 0.487. The van der Waals surface area contributed by atoms with Crippen LogP contribution in [0.2, 0.25) is 0 Å². The summed E-state index contributed by atoms with van der Waals surface area (Å²) in [6.45, 7) is 10.1. The number of halogens is 1. The Balaban J connectivity index is 1.11. The van der Waals surface area contributed by atoms with Crippen LogP contribution >= 0.6 is 0 Å². The Hall–Kier alpha value is -4.15. The summed E-state index contributed by atoms with van der Waals surface area (Å²) in [6, 6.07) is 6.38. The quantitative estimate of drug-likeness (QED) is 0.293. The standard InChI is InChI=1S/C39H47FN6O3/c1-7-25(9-8-24(2)44(5)6)32-22-45(43-42-32)23-35(48)39(49)17-16-31-30-15-10-27-18-33-26(21-41-46(33)29-13-11-28(40)12-14-29)19-37(27,3)36(30)34(47)20-38(31,39)4/h7-9,11-14,18,21-22,30-31,34,36,47,49H,1,10,15-17,19-20,23H2,2-6H3/b24-8+,25-9+/t30?,31?,34?,36?,37?,38?,39-/m0/s1. The molecule has 9 nitrogen and oxygen atoms in total. The molecule has 1 aromatic carbocycles. The lowest BCUT2D eigenvalue weighted by Crippen LogP contribution is -2.62. The van der Waals surface area contributed by atoms with Crippen LogP contribution in [0.5, 0.6) is 0 Å². The number of rotatable bonds is 8. The van der Waals surface area contributed by atoms with Crippen LogP contribution in [-0.4, -0.2) is 71.5 Å². The zero-order chi connectivity index (χ0) is 34.9. The number of hydrogen-bond acceptors (Lipinski definition) is 7. The Morgan fingerprint density at radius 2 is 1.94 bits per heavy atom. The lowest BCUT2D eigenvalue weighted by Gasteiger charge is -2.60. The van der Waals surface area contributed by atoms with Crippen LogP contribution in [0.4, 0.5) is 4.39 Å². The van der Waals surface area contributed by atoms with Crippen molar-refractivity contribution in [2.24, 2.45) is 28.6 Å². The maximum Gasteiger partial charge on any atom is 0.186 e. The fourth-order valence-electron chi connectivity index (χ4n) is 9.84. The number of nitrogens with zero attached hydrogens (tertiary/aromatic N) is 6. The van der Waals surface area contributed by atoms with Gasteiger partial charge >= 0.3 is 0 Å². The Kier molecular flexibility index (Phi) is 8.18. The van der Waals surface area contributed by atoms with Gasteiger partial charge in [0.25, 0.3) is 0 Å². The molecule has 4 aliphatic rings. The van der Waals surface area contributed by atoms with Gasteiger partial charge in [-0.2, -0.15) is 5.10 Å². The molecular formula is C39H47FN6O3. The van der Waals surface area contributed by atoms with E-state index in [1.807, 2.05) is 55.9 Å². The molecule has 10 heteroatoms. The number of aliphatic hydroxyl groups excluding tert-OH is 1. The lowest BCUT2D eigenvalue weighted by atomic mass is 9.45. The number of hydrogen-bond donors (Lipinski definition) is 2. The zero-order valence-electron chi connectivity index (χ0n) is 29.1. The van der Waals surface area contributed by atoms with E-state index in [0.717, 1.165) is 53.9 Å². The molecule has 7 rings (SSSR count). The lowest BCUT2D eigenvalue weighted by molar-refractivity contribution is -0.180. The smallest absolute Gasteiger partial charge is 0.186 e. The van der Waals surface area contributed by atoms with Crippen LogP contribution in [0, 0.1) is 34.4 Å². The Morgan fingerprint density at radius 3 is 2.65 bits per heavy atom. The predicted octanol–water partition coefficient (Wildman–Crippen LogP) is 5.79. The van der Waals surface area contributed by atoms with Crippen molar-refractivity contribution in [2.45, 2.75) is 77.5 Å². The summed E-state index contributed by atoms with van der Waals surface area (Å²) in [5.74, 6) is -0.301. The molecule has 0 bridgehead atoms. The van der Waals surface area contributed by atoms with Gasteiger partial charge in [0.1, 0.15) is 23.7 Å². The number of allylic oxidation sites excluding steroid dienone is 6. The molecule has 258 valence electrons. The van der Waals surface area contributed by atoms with E-state index in [9.17, 15) is 19.4 Å². The summed E-state index contributed by atoms with van der Waals surface area (Å²) < 4.78 is 17.0. The number of carbonyl (C=O) groups excluding carboxylic acids is 1. The van der Waals surface area contributed by atoms with Crippen molar-refractivity contribution < 1.29 is 19.4 Å². The van der Waals surface area contributed by atoms with Gasteiger partial charge in [0, 0.05) is 30.8 Å². The van der Waals surface area contributed by atoms with Crippen molar-refractivity contribution in [1.29, 1.82) is 0 Å². The molecule has 3 fully saturated rings. The molecule has 6 unspecified atom stereocenters. The van der Waals surface area contributed by atoms with Gasteiger partial charge < -0.3 is 15.1 Å². The Bertz CT molecular complexity index is 1890. The van der Waals surface area contributed by atoms with E-state index in [2.05, 4.69) is 35.0 Å². The number of aromatic nitrogens is 5. The van der Waals surface area contributed by atoms with Crippen LogP contribution in [0.1, 0.15) is 69.8 Å². The molecule has 0 aliphatic heterocycles. The van der Waals surface area contributed by atoms with Gasteiger partial charge in [-0.25, -0.2) is 13.8 Å². The summed E-state index contributed by atoms with van der Waals surface area (Å²) in [4.78, 5) is 16.1. The zero-order valence-corrected chi connectivity index (χ0v) is 29.1. The summed E-state index contributed by atoms with van der Waals surface area (Å²) in [7, 11) is 3.95. The van der Waals surface area contributed by atoms with Gasteiger partial charge in [0.2, 0.25) is 0 Å². The Morgan fingerprint density at radius 1 is 1.18 bits per heavy atom. The fourth-order valence-corrected chi connectivity index (χ4v) is 9.84. The SMILES string of the molecule is C=C/C(=C\C=C(/C)N(C)C)c1cn(CC(=O)[C@@]2(O)CCC3C4CCC5=Cc6c(cnn6-c6ccc(F)cc6)CC5(C)C4C(O)CC32C)nn1. The van der Waals surface area contributed by atoms with Crippen LogP contribution in [0.15, 0.2) is 72.7 Å². The Labute approximate surface area is 287 Å². The van der Waals surface area contributed by atoms with Crippen molar-refractivity contribution in [2.75, 3.05) is 14.1 Å². The topological polar surface area (TPSA) is 109 Å². The van der Waals surface area contributed by atoms with Gasteiger partial charge in [-0.15, -0.1) is 5.10 Å². The van der Waals surface area contributed by atoms with Gasteiger partial charge in [-0.1, -0.05) is 43.4 Å². The second-order valence-electron chi connectivity index (χ2n) is 15.4. The molecule has 0 spiro atoms. The molecule has 4 aliphatic carbocycles. The van der Waals surface area contributed by atoms with Gasteiger partial charge in [0.15, 0.2) is 5.78 Å². The number of ketones is 1. The molecule has 0 radical (unpaired) electrons. The van der Waals surface area contributed by atoms with Crippen molar-refractivity contribution in [1.82, 2.24) is 29.7 Å². The maximum absolute atomic E-state index is 14.1. The average molecular weight is 667 g/mol. The number of aliphatic hydroxyl groups is 2. The van der Waals surface area contributed by atoms with Crippen molar-refractivity contribution in [3.63, 3.8) is 0 Å². The first-order valence-corrected chi connectivity index (χ1v) is 17.4. The molecule has 3 aromatic rings. The van der Waals surface area contributed by atoms with Crippen LogP contribution < -0.4 is 0 Å². The molecule has 7 atom stereocenters. The summed E-state index contributed by atoms with van der Waals surface area (Å²) in [6.07, 6.45) is 14.8. The van der Waals surface area contributed by atoms with Crippen LogP contribution in [-0.2, 0) is 17.8 Å². The second kappa shape index (κ2) is 12.0. The molecule has 3 saturated carbocycles. The number of carbonyl (C=O) groups is 1. The van der Waals surface area contributed by atoms with Crippen molar-refractivity contribution >= 4 is 17.4 Å². The first-order chi connectivity index (χ1) is 23.3. The van der Waals surface area contributed by atoms with Crippen molar-refractivity contribution in [3.8, 4) is 5.69 Å². The van der Waals surface area contributed by atoms with Crippen LogP contribution in [0.25, 0.3) is 17.3 Å². The van der Waals surface area contributed by atoms with E-state index in [4.69, 9.17) is 0 Å².